The average molecular weight is 375 g/mol. The van der Waals surface area contributed by atoms with Crippen molar-refractivity contribution in [3.05, 3.63) is 58.4 Å². The van der Waals surface area contributed by atoms with Gasteiger partial charge in [0.2, 0.25) is 0 Å². The second-order valence-electron chi connectivity index (χ2n) is 5.79. The van der Waals surface area contributed by atoms with Crippen molar-refractivity contribution in [1.82, 2.24) is 9.99 Å². The predicted octanol–water partition coefficient (Wildman–Crippen LogP) is 3.76. The van der Waals surface area contributed by atoms with Crippen LogP contribution in [0.25, 0.3) is 0 Å². The Hall–Kier alpha value is -2.80. The molecule has 0 radical (unpaired) electrons. The molecule has 0 bridgehead atoms. The lowest BCUT2D eigenvalue weighted by Crippen LogP contribution is -2.30. The normalized spacial score (nSPS) is 14.3. The molecule has 1 aliphatic rings. The zero-order valence-corrected chi connectivity index (χ0v) is 15.3. The van der Waals surface area contributed by atoms with E-state index in [9.17, 15) is 4.79 Å². The Morgan fingerprint density at radius 2 is 2.27 bits per heavy atom. The van der Waals surface area contributed by atoms with Gasteiger partial charge in [0.05, 0.1) is 28.7 Å². The number of cyclic esters (lactones) is 1. The van der Waals surface area contributed by atoms with E-state index in [0.717, 1.165) is 17.0 Å². The standard InChI is InChI=1S/C18H19ClN4O3/c1-12-4-3-5-15(20-12)11-26-22-13(2)14-6-7-16(19)17(10-14)21-23-8-9-25-18(23)24/h3-7,10,21H,8-9,11H2,1-2H3/b22-13+. The van der Waals surface area contributed by atoms with E-state index in [1.807, 2.05) is 38.1 Å². The van der Waals surface area contributed by atoms with Crippen molar-refractivity contribution in [3.63, 3.8) is 0 Å². The lowest BCUT2D eigenvalue weighted by atomic mass is 10.1. The zero-order chi connectivity index (χ0) is 18.5. The Morgan fingerprint density at radius 3 is 3.00 bits per heavy atom. The first-order chi connectivity index (χ1) is 12.5. The molecule has 1 saturated heterocycles. The average Bonchev–Trinajstić information content (AvgIpc) is 3.01. The Bertz CT molecular complexity index is 841. The first-order valence-corrected chi connectivity index (χ1v) is 8.50. The van der Waals surface area contributed by atoms with Gasteiger partial charge in [-0.05, 0) is 38.1 Å². The maximum absolute atomic E-state index is 11.6. The van der Waals surface area contributed by atoms with Gasteiger partial charge in [-0.3, -0.25) is 10.4 Å². The molecular formula is C18H19ClN4O3. The Labute approximate surface area is 156 Å². The highest BCUT2D eigenvalue weighted by Crippen LogP contribution is 2.25. The number of rotatable bonds is 6. The third-order valence-electron chi connectivity index (χ3n) is 3.76. The number of hydrazine groups is 1. The first kappa shape index (κ1) is 18.0. The largest absolute Gasteiger partial charge is 0.446 e. The molecule has 1 aliphatic heterocycles. The molecule has 7 nitrogen and oxygen atoms in total. The second kappa shape index (κ2) is 8.05. The summed E-state index contributed by atoms with van der Waals surface area (Å²) in [7, 11) is 0. The topological polar surface area (TPSA) is 76.1 Å². The number of hydrogen-bond acceptors (Lipinski definition) is 6. The number of benzene rings is 1. The third-order valence-corrected chi connectivity index (χ3v) is 4.09. The van der Waals surface area contributed by atoms with E-state index in [1.54, 1.807) is 12.1 Å². The lowest BCUT2D eigenvalue weighted by molar-refractivity contribution is 0.127. The Balaban J connectivity index is 1.67. The van der Waals surface area contributed by atoms with Crippen LogP contribution in [0.4, 0.5) is 10.5 Å². The van der Waals surface area contributed by atoms with Crippen LogP contribution in [-0.4, -0.2) is 34.9 Å². The van der Waals surface area contributed by atoms with Crippen LogP contribution >= 0.6 is 11.6 Å². The van der Waals surface area contributed by atoms with Gasteiger partial charge in [0.25, 0.3) is 0 Å². The zero-order valence-electron chi connectivity index (χ0n) is 14.5. The maximum atomic E-state index is 11.6. The smallest absolute Gasteiger partial charge is 0.428 e. The molecule has 0 aliphatic carbocycles. The monoisotopic (exact) mass is 374 g/mol. The lowest BCUT2D eigenvalue weighted by Gasteiger charge is -2.17. The number of aromatic nitrogens is 1. The SMILES string of the molecule is C/C(=N\OCc1cccc(C)n1)c1ccc(Cl)c(NN2CCOC2=O)c1. The fraction of sp³-hybridized carbons (Fsp3) is 0.278. The summed E-state index contributed by atoms with van der Waals surface area (Å²) >= 11 is 6.21. The van der Waals surface area contributed by atoms with Gasteiger partial charge in [0, 0.05) is 11.3 Å². The van der Waals surface area contributed by atoms with E-state index in [0.29, 0.717) is 29.6 Å². The summed E-state index contributed by atoms with van der Waals surface area (Å²) in [6, 6.07) is 11.1. The van der Waals surface area contributed by atoms with Crippen LogP contribution in [-0.2, 0) is 16.2 Å². The molecule has 0 spiro atoms. The van der Waals surface area contributed by atoms with Gasteiger partial charge in [-0.15, -0.1) is 0 Å². The maximum Gasteiger partial charge on any atom is 0.428 e. The third kappa shape index (κ3) is 4.43. The van der Waals surface area contributed by atoms with Crippen LogP contribution in [0.3, 0.4) is 0 Å². The number of halogens is 1. The van der Waals surface area contributed by atoms with Crippen molar-refractivity contribution in [3.8, 4) is 0 Å². The van der Waals surface area contributed by atoms with E-state index >= 15 is 0 Å². The molecule has 2 heterocycles. The number of oxime groups is 1. The summed E-state index contributed by atoms with van der Waals surface area (Å²) in [5.74, 6) is 0. The molecule has 136 valence electrons. The van der Waals surface area contributed by atoms with Crippen LogP contribution in [0.2, 0.25) is 5.02 Å². The van der Waals surface area contributed by atoms with Crippen LogP contribution in [0, 0.1) is 6.92 Å². The summed E-state index contributed by atoms with van der Waals surface area (Å²) in [5.41, 5.74) is 6.81. The Morgan fingerprint density at radius 1 is 1.42 bits per heavy atom. The molecule has 1 amide bonds. The molecule has 1 fully saturated rings. The molecule has 3 rings (SSSR count). The van der Waals surface area contributed by atoms with Gasteiger partial charge in [-0.25, -0.2) is 9.80 Å². The van der Waals surface area contributed by atoms with Crippen molar-refractivity contribution in [2.45, 2.75) is 20.5 Å². The molecule has 2 aromatic rings. The summed E-state index contributed by atoms with van der Waals surface area (Å²) in [6.07, 6.45) is -0.425. The molecule has 8 heteroatoms. The van der Waals surface area contributed by atoms with Gasteiger partial charge in [0.1, 0.15) is 6.61 Å². The van der Waals surface area contributed by atoms with Crippen molar-refractivity contribution < 1.29 is 14.4 Å². The van der Waals surface area contributed by atoms with E-state index in [2.05, 4.69) is 15.6 Å². The number of nitrogens with one attached hydrogen (secondary N) is 1. The van der Waals surface area contributed by atoms with Gasteiger partial charge < -0.3 is 9.57 Å². The summed E-state index contributed by atoms with van der Waals surface area (Å²) < 4.78 is 4.89. The molecule has 0 atom stereocenters. The quantitative estimate of drug-likeness (QED) is 0.615. The van der Waals surface area contributed by atoms with Crippen LogP contribution in [0.5, 0.6) is 0 Å². The number of nitrogens with zero attached hydrogens (tertiary/aromatic N) is 3. The molecule has 26 heavy (non-hydrogen) atoms. The van der Waals surface area contributed by atoms with Crippen molar-refractivity contribution >= 4 is 29.1 Å². The molecular weight excluding hydrogens is 356 g/mol. The summed E-state index contributed by atoms with van der Waals surface area (Å²) in [6.45, 7) is 4.86. The van der Waals surface area contributed by atoms with Crippen molar-refractivity contribution in [1.29, 1.82) is 0 Å². The van der Waals surface area contributed by atoms with E-state index in [4.69, 9.17) is 21.2 Å². The van der Waals surface area contributed by atoms with Crippen molar-refractivity contribution in [2.24, 2.45) is 5.16 Å². The number of carbonyl (C=O) groups excluding carboxylic acids is 1. The number of ether oxygens (including phenoxy) is 1. The first-order valence-electron chi connectivity index (χ1n) is 8.13. The highest BCUT2D eigenvalue weighted by molar-refractivity contribution is 6.33. The number of carbonyl (C=O) groups is 1. The molecule has 1 N–H and O–H groups in total. The predicted molar refractivity (Wildman–Crippen MR) is 99.1 cm³/mol. The number of amides is 1. The molecule has 1 aromatic carbocycles. The number of pyridine rings is 1. The van der Waals surface area contributed by atoms with E-state index < -0.39 is 6.09 Å². The van der Waals surface area contributed by atoms with Crippen LogP contribution < -0.4 is 5.43 Å². The van der Waals surface area contributed by atoms with Crippen LogP contribution in [0.1, 0.15) is 23.9 Å². The molecule has 1 aromatic heterocycles. The minimum atomic E-state index is -0.425. The fourth-order valence-corrected chi connectivity index (χ4v) is 2.56. The number of anilines is 1. The Kier molecular flexibility index (Phi) is 5.58. The second-order valence-corrected chi connectivity index (χ2v) is 6.20. The van der Waals surface area contributed by atoms with Gasteiger partial charge >= 0.3 is 6.09 Å². The number of hydrogen-bond donors (Lipinski definition) is 1. The minimum absolute atomic E-state index is 0.289. The molecule has 0 saturated carbocycles. The highest BCUT2D eigenvalue weighted by atomic mass is 35.5. The summed E-state index contributed by atoms with van der Waals surface area (Å²) in [5, 5.41) is 6.00. The van der Waals surface area contributed by atoms with E-state index in [-0.39, 0.29) is 6.61 Å². The van der Waals surface area contributed by atoms with Crippen LogP contribution in [0.15, 0.2) is 41.6 Å². The van der Waals surface area contributed by atoms with Gasteiger partial charge in [0.15, 0.2) is 6.61 Å². The van der Waals surface area contributed by atoms with E-state index in [1.165, 1.54) is 5.01 Å². The van der Waals surface area contributed by atoms with Gasteiger partial charge in [-0.2, -0.15) is 0 Å². The fourth-order valence-electron chi connectivity index (χ4n) is 2.40. The van der Waals surface area contributed by atoms with Crippen molar-refractivity contribution in [2.75, 3.05) is 18.6 Å². The number of aryl methyl sites for hydroxylation is 1. The minimum Gasteiger partial charge on any atom is -0.446 e. The highest BCUT2D eigenvalue weighted by Gasteiger charge is 2.22. The van der Waals surface area contributed by atoms with Gasteiger partial charge in [-0.1, -0.05) is 28.9 Å². The summed E-state index contributed by atoms with van der Waals surface area (Å²) in [4.78, 5) is 21.3. The molecule has 0 unspecified atom stereocenters.